The molecule has 1 saturated heterocycles. The zero-order valence-electron chi connectivity index (χ0n) is 17.3. The highest BCUT2D eigenvalue weighted by molar-refractivity contribution is 6.36. The lowest BCUT2D eigenvalue weighted by atomic mass is 9.85. The van der Waals surface area contributed by atoms with Gasteiger partial charge >= 0.3 is 0 Å². The van der Waals surface area contributed by atoms with E-state index in [1.54, 1.807) is 6.20 Å². The van der Waals surface area contributed by atoms with Crippen LogP contribution < -0.4 is 15.8 Å². The molecule has 2 aliphatic rings. The highest BCUT2D eigenvalue weighted by Crippen LogP contribution is 2.38. The lowest BCUT2D eigenvalue weighted by Crippen LogP contribution is -2.30. The average molecular weight is 444 g/mol. The highest BCUT2D eigenvalue weighted by atomic mass is 35.5. The molecule has 0 saturated carbocycles. The van der Waals surface area contributed by atoms with E-state index < -0.39 is 0 Å². The number of halogens is 2. The predicted molar refractivity (Wildman–Crippen MR) is 125 cm³/mol. The number of benzene rings is 1. The molecule has 1 aromatic heterocycles. The molecule has 0 radical (unpaired) electrons. The monoisotopic (exact) mass is 443 g/mol. The van der Waals surface area contributed by atoms with Gasteiger partial charge in [-0.1, -0.05) is 47.5 Å². The van der Waals surface area contributed by atoms with Gasteiger partial charge in [-0.15, -0.1) is 0 Å². The fourth-order valence-corrected chi connectivity index (χ4v) is 4.93. The number of nitrogens with two attached hydrogens (primary N) is 1. The third-order valence-corrected chi connectivity index (χ3v) is 6.87. The van der Waals surface area contributed by atoms with Crippen LogP contribution in [0.15, 0.2) is 42.6 Å². The first-order valence-corrected chi connectivity index (χ1v) is 11.2. The number of ether oxygens (including phenoxy) is 1. The van der Waals surface area contributed by atoms with Gasteiger partial charge in [0.2, 0.25) is 0 Å². The number of piperidine rings is 1. The van der Waals surface area contributed by atoms with E-state index in [1.165, 1.54) is 12.8 Å². The minimum Gasteiger partial charge on any atom is -0.482 e. The molecule has 4 rings (SSSR count). The number of aromatic nitrogens is 1. The van der Waals surface area contributed by atoms with Gasteiger partial charge in [0.15, 0.2) is 11.6 Å². The van der Waals surface area contributed by atoms with Gasteiger partial charge in [0.25, 0.3) is 0 Å². The third-order valence-electron chi connectivity index (χ3n) is 6.04. The quantitative estimate of drug-likeness (QED) is 0.595. The van der Waals surface area contributed by atoms with Crippen molar-refractivity contribution >= 4 is 34.6 Å². The molecule has 1 aliphatic carbocycles. The van der Waals surface area contributed by atoms with Crippen molar-refractivity contribution in [3.05, 3.63) is 69.4 Å². The molecule has 158 valence electrons. The van der Waals surface area contributed by atoms with Crippen molar-refractivity contribution in [1.82, 2.24) is 10.3 Å². The van der Waals surface area contributed by atoms with Crippen LogP contribution in [-0.2, 0) is 0 Å². The first kappa shape index (κ1) is 21.2. The van der Waals surface area contributed by atoms with Gasteiger partial charge in [0.05, 0.1) is 5.02 Å². The fraction of sp³-hybridized carbons (Fsp3) is 0.375. The standard InChI is InChI=1S/C24H27Cl2N3O/c1-14-3-6-20(25)22(23(14)26)15(2)30-21-12-19(13-29-24(21)27)18-5-4-17(11-18)16-7-9-28-10-8-16/h3-6,11-13,15-17,28H,7-10H2,1-2H3,(H2,27,29). The summed E-state index contributed by atoms with van der Waals surface area (Å²) in [5.41, 5.74) is 9.99. The summed E-state index contributed by atoms with van der Waals surface area (Å²) in [5, 5.41) is 4.62. The molecule has 6 heteroatoms. The summed E-state index contributed by atoms with van der Waals surface area (Å²) in [4.78, 5) is 4.37. The van der Waals surface area contributed by atoms with Gasteiger partial charge in [-0.3, -0.25) is 0 Å². The second kappa shape index (κ2) is 9.01. The first-order valence-electron chi connectivity index (χ1n) is 10.4. The molecular formula is C24H27Cl2N3O. The number of hydrogen-bond donors (Lipinski definition) is 2. The van der Waals surface area contributed by atoms with E-state index in [4.69, 9.17) is 33.7 Å². The molecular weight excluding hydrogens is 417 g/mol. The summed E-state index contributed by atoms with van der Waals surface area (Å²) in [5.74, 6) is 2.06. The molecule has 1 aromatic carbocycles. The molecule has 3 N–H and O–H groups in total. The largest absolute Gasteiger partial charge is 0.482 e. The SMILES string of the molecule is Cc1ccc(Cl)c(C(C)Oc2cc(C3=CC(C4CCNCC4)C=C3)cnc2N)c1Cl. The van der Waals surface area contributed by atoms with Gasteiger partial charge < -0.3 is 15.8 Å². The molecule has 0 bridgehead atoms. The Labute approximate surface area is 188 Å². The normalized spacial score (nSPS) is 20.3. The maximum absolute atomic E-state index is 6.49. The van der Waals surface area contributed by atoms with E-state index in [-0.39, 0.29) is 6.10 Å². The van der Waals surface area contributed by atoms with Crippen LogP contribution in [0.5, 0.6) is 5.75 Å². The average Bonchev–Trinajstić information content (AvgIpc) is 3.24. The van der Waals surface area contributed by atoms with Crippen LogP contribution in [0.25, 0.3) is 5.57 Å². The van der Waals surface area contributed by atoms with Gasteiger partial charge in [-0.2, -0.15) is 0 Å². The third kappa shape index (κ3) is 4.36. The van der Waals surface area contributed by atoms with Crippen LogP contribution >= 0.6 is 23.2 Å². The molecule has 30 heavy (non-hydrogen) atoms. The van der Waals surface area contributed by atoms with E-state index in [9.17, 15) is 0 Å². The number of aryl methyl sites for hydroxylation is 1. The Balaban J connectivity index is 1.56. The number of anilines is 1. The Hall–Kier alpha value is -2.01. The smallest absolute Gasteiger partial charge is 0.166 e. The Morgan fingerprint density at radius 1 is 1.23 bits per heavy atom. The number of pyridine rings is 1. The molecule has 4 nitrogen and oxygen atoms in total. The molecule has 2 unspecified atom stereocenters. The van der Waals surface area contributed by atoms with Crippen molar-refractivity contribution in [2.75, 3.05) is 18.8 Å². The fourth-order valence-electron chi connectivity index (χ4n) is 4.26. The van der Waals surface area contributed by atoms with E-state index >= 15 is 0 Å². The summed E-state index contributed by atoms with van der Waals surface area (Å²) in [6.07, 6.45) is 10.7. The van der Waals surface area contributed by atoms with Gasteiger partial charge in [0, 0.05) is 22.3 Å². The van der Waals surface area contributed by atoms with E-state index in [0.29, 0.717) is 33.4 Å². The zero-order chi connectivity index (χ0) is 21.3. The van der Waals surface area contributed by atoms with Crippen molar-refractivity contribution in [3.63, 3.8) is 0 Å². The highest BCUT2D eigenvalue weighted by Gasteiger charge is 2.24. The zero-order valence-corrected chi connectivity index (χ0v) is 18.8. The summed E-state index contributed by atoms with van der Waals surface area (Å²) >= 11 is 12.9. The molecule has 1 fully saturated rings. The van der Waals surface area contributed by atoms with E-state index in [1.807, 2.05) is 32.0 Å². The number of nitrogens with zero attached hydrogens (tertiary/aromatic N) is 1. The number of hydrogen-bond acceptors (Lipinski definition) is 4. The Kier molecular flexibility index (Phi) is 6.37. The number of nitrogens with one attached hydrogen (secondary N) is 1. The van der Waals surface area contributed by atoms with Gasteiger partial charge in [-0.05, 0) is 74.9 Å². The van der Waals surface area contributed by atoms with Gasteiger partial charge in [-0.25, -0.2) is 4.98 Å². The Morgan fingerprint density at radius 2 is 2.00 bits per heavy atom. The van der Waals surface area contributed by atoms with E-state index in [0.717, 1.165) is 35.4 Å². The molecule has 1 aliphatic heterocycles. The van der Waals surface area contributed by atoms with Crippen molar-refractivity contribution in [1.29, 1.82) is 0 Å². The lowest BCUT2D eigenvalue weighted by molar-refractivity contribution is 0.227. The van der Waals surface area contributed by atoms with Crippen LogP contribution in [0.2, 0.25) is 10.0 Å². The van der Waals surface area contributed by atoms with E-state index in [2.05, 4.69) is 28.5 Å². The molecule has 0 amide bonds. The van der Waals surface area contributed by atoms with Crippen molar-refractivity contribution in [2.45, 2.75) is 32.8 Å². The van der Waals surface area contributed by atoms with Crippen LogP contribution in [0.4, 0.5) is 5.82 Å². The number of allylic oxidation sites excluding steroid dienone is 4. The maximum atomic E-state index is 6.49. The summed E-state index contributed by atoms with van der Waals surface area (Å²) < 4.78 is 6.18. The minimum atomic E-state index is -0.361. The predicted octanol–water partition coefficient (Wildman–Crippen LogP) is 5.99. The van der Waals surface area contributed by atoms with Crippen LogP contribution in [0.3, 0.4) is 0 Å². The van der Waals surface area contributed by atoms with Crippen LogP contribution in [0.1, 0.15) is 42.6 Å². The minimum absolute atomic E-state index is 0.350. The van der Waals surface area contributed by atoms with Gasteiger partial charge in [0.1, 0.15) is 6.10 Å². The maximum Gasteiger partial charge on any atom is 0.166 e. The lowest BCUT2D eigenvalue weighted by Gasteiger charge is -2.25. The second-order valence-corrected chi connectivity index (χ2v) is 8.89. The Morgan fingerprint density at radius 3 is 2.77 bits per heavy atom. The first-order chi connectivity index (χ1) is 14.4. The number of rotatable bonds is 5. The molecule has 2 heterocycles. The van der Waals surface area contributed by atoms with Crippen molar-refractivity contribution in [2.24, 2.45) is 11.8 Å². The van der Waals surface area contributed by atoms with Crippen molar-refractivity contribution < 1.29 is 4.74 Å². The summed E-state index contributed by atoms with van der Waals surface area (Å²) in [6.45, 7) is 6.06. The second-order valence-electron chi connectivity index (χ2n) is 8.11. The Bertz CT molecular complexity index is 996. The molecule has 2 aromatic rings. The van der Waals surface area contributed by atoms with Crippen molar-refractivity contribution in [3.8, 4) is 5.75 Å². The van der Waals surface area contributed by atoms with Crippen LogP contribution in [-0.4, -0.2) is 18.1 Å². The molecule has 0 spiro atoms. The number of nitrogen functional groups attached to an aromatic ring is 1. The van der Waals surface area contributed by atoms with Crippen LogP contribution in [0, 0.1) is 18.8 Å². The topological polar surface area (TPSA) is 60.2 Å². The molecule has 2 atom stereocenters. The summed E-state index contributed by atoms with van der Waals surface area (Å²) in [6, 6.07) is 5.69. The summed E-state index contributed by atoms with van der Waals surface area (Å²) in [7, 11) is 0.